The molecule has 148 valence electrons. The standard InChI is InChI=1S/C20H23N3O5/c1-13-5-7-16(14(2)9-13)22-19(24)11-21-28-12-20(25)23-17-8-6-15(26-3)10-18(17)27-4/h5-11H,12H2,1-4H3,(H,22,24)(H,23,25)/b21-11-. The lowest BCUT2D eigenvalue weighted by molar-refractivity contribution is -0.120. The van der Waals surface area contributed by atoms with Gasteiger partial charge >= 0.3 is 0 Å². The quantitative estimate of drug-likeness (QED) is 0.538. The third-order valence-corrected chi connectivity index (χ3v) is 3.76. The molecule has 0 saturated carbocycles. The number of aryl methyl sites for hydroxylation is 2. The zero-order valence-electron chi connectivity index (χ0n) is 16.2. The van der Waals surface area contributed by atoms with Crippen molar-refractivity contribution < 1.29 is 23.9 Å². The van der Waals surface area contributed by atoms with Crippen LogP contribution in [-0.4, -0.2) is 38.9 Å². The number of amides is 2. The minimum absolute atomic E-state index is 0.359. The maximum Gasteiger partial charge on any atom is 0.270 e. The van der Waals surface area contributed by atoms with Gasteiger partial charge in [0.05, 0.1) is 19.9 Å². The molecule has 0 unspecified atom stereocenters. The molecule has 0 radical (unpaired) electrons. The molecule has 8 heteroatoms. The van der Waals surface area contributed by atoms with Crippen LogP contribution in [0.3, 0.4) is 0 Å². The van der Waals surface area contributed by atoms with E-state index < -0.39 is 11.8 Å². The monoisotopic (exact) mass is 385 g/mol. The highest BCUT2D eigenvalue weighted by Crippen LogP contribution is 2.28. The van der Waals surface area contributed by atoms with Crippen LogP contribution in [0.4, 0.5) is 11.4 Å². The number of carbonyl (C=O) groups is 2. The SMILES string of the molecule is COc1ccc(NC(=O)CO/N=C\C(=O)Nc2ccc(C)cc2C)c(OC)c1. The molecular weight excluding hydrogens is 362 g/mol. The van der Waals surface area contributed by atoms with Crippen LogP contribution in [0.1, 0.15) is 11.1 Å². The van der Waals surface area contributed by atoms with Crippen LogP contribution >= 0.6 is 0 Å². The molecule has 0 spiro atoms. The minimum Gasteiger partial charge on any atom is -0.497 e. The number of hydrogen-bond donors (Lipinski definition) is 2. The Balaban J connectivity index is 1.82. The van der Waals surface area contributed by atoms with Gasteiger partial charge in [0.25, 0.3) is 11.8 Å². The second-order valence-electron chi connectivity index (χ2n) is 5.93. The Hall–Kier alpha value is -3.55. The number of anilines is 2. The van der Waals surface area contributed by atoms with E-state index in [9.17, 15) is 9.59 Å². The second kappa shape index (κ2) is 9.96. The summed E-state index contributed by atoms with van der Waals surface area (Å²) < 4.78 is 10.3. The zero-order chi connectivity index (χ0) is 20.5. The number of oxime groups is 1. The maximum atomic E-state index is 11.9. The predicted octanol–water partition coefficient (Wildman–Crippen LogP) is 2.90. The Bertz CT molecular complexity index is 880. The molecule has 2 rings (SSSR count). The van der Waals surface area contributed by atoms with Crippen LogP contribution in [-0.2, 0) is 14.4 Å². The number of benzene rings is 2. The van der Waals surface area contributed by atoms with Crippen LogP contribution in [0.15, 0.2) is 41.6 Å². The molecule has 0 atom stereocenters. The van der Waals surface area contributed by atoms with Gasteiger partial charge in [-0.25, -0.2) is 0 Å². The van der Waals surface area contributed by atoms with Crippen molar-refractivity contribution in [2.45, 2.75) is 13.8 Å². The fraction of sp³-hybridized carbons (Fsp3) is 0.250. The van der Waals surface area contributed by atoms with Gasteiger partial charge in [-0.1, -0.05) is 22.9 Å². The molecule has 0 aliphatic rings. The molecule has 2 N–H and O–H groups in total. The Kier molecular flexibility index (Phi) is 7.38. The van der Waals surface area contributed by atoms with E-state index >= 15 is 0 Å². The largest absolute Gasteiger partial charge is 0.497 e. The van der Waals surface area contributed by atoms with Gasteiger partial charge in [-0.15, -0.1) is 0 Å². The number of hydrogen-bond acceptors (Lipinski definition) is 6. The third-order valence-electron chi connectivity index (χ3n) is 3.76. The van der Waals surface area contributed by atoms with Gasteiger partial charge in [-0.2, -0.15) is 0 Å². The van der Waals surface area contributed by atoms with E-state index in [1.54, 1.807) is 18.2 Å². The summed E-state index contributed by atoms with van der Waals surface area (Å²) in [6.45, 7) is 3.51. The van der Waals surface area contributed by atoms with Crippen LogP contribution in [0.25, 0.3) is 0 Å². The first kappa shape index (κ1) is 20.8. The third kappa shape index (κ3) is 6.01. The summed E-state index contributed by atoms with van der Waals surface area (Å²) >= 11 is 0. The number of methoxy groups -OCH3 is 2. The van der Waals surface area contributed by atoms with E-state index in [0.717, 1.165) is 17.3 Å². The minimum atomic E-state index is -0.454. The molecule has 2 amide bonds. The van der Waals surface area contributed by atoms with Crippen molar-refractivity contribution in [3.8, 4) is 11.5 Å². The number of carbonyl (C=O) groups excluding carboxylic acids is 2. The highest BCUT2D eigenvalue weighted by atomic mass is 16.6. The summed E-state index contributed by atoms with van der Waals surface area (Å²) in [6.07, 6.45) is 0.973. The molecule has 8 nitrogen and oxygen atoms in total. The maximum absolute atomic E-state index is 11.9. The first-order chi connectivity index (χ1) is 13.4. The smallest absolute Gasteiger partial charge is 0.270 e. The van der Waals surface area contributed by atoms with Gasteiger partial charge in [0, 0.05) is 11.8 Å². The topological polar surface area (TPSA) is 98.3 Å². The van der Waals surface area contributed by atoms with Crippen molar-refractivity contribution in [1.29, 1.82) is 0 Å². The summed E-state index contributed by atoms with van der Waals surface area (Å²) in [5.74, 6) is 0.147. The Morgan fingerprint density at radius 3 is 2.43 bits per heavy atom. The Morgan fingerprint density at radius 2 is 1.75 bits per heavy atom. The van der Waals surface area contributed by atoms with Crippen molar-refractivity contribution >= 4 is 29.4 Å². The summed E-state index contributed by atoms with van der Waals surface area (Å²) in [4.78, 5) is 28.7. The molecule has 0 aromatic heterocycles. The normalized spacial score (nSPS) is 10.4. The lowest BCUT2D eigenvalue weighted by Crippen LogP contribution is -2.18. The Labute approximate surface area is 163 Å². The van der Waals surface area contributed by atoms with Crippen LogP contribution in [0.2, 0.25) is 0 Å². The lowest BCUT2D eigenvalue weighted by atomic mass is 10.1. The van der Waals surface area contributed by atoms with Gasteiger partial charge in [-0.05, 0) is 37.6 Å². The van der Waals surface area contributed by atoms with E-state index in [1.807, 2.05) is 32.0 Å². The summed E-state index contributed by atoms with van der Waals surface area (Å²) in [7, 11) is 3.02. The van der Waals surface area contributed by atoms with Crippen LogP contribution in [0.5, 0.6) is 11.5 Å². The molecule has 0 heterocycles. The fourth-order valence-corrected chi connectivity index (χ4v) is 2.39. The van der Waals surface area contributed by atoms with E-state index in [4.69, 9.17) is 14.3 Å². The first-order valence-corrected chi connectivity index (χ1v) is 8.48. The molecule has 0 bridgehead atoms. The lowest BCUT2D eigenvalue weighted by Gasteiger charge is -2.11. The number of nitrogens with one attached hydrogen (secondary N) is 2. The van der Waals surface area contributed by atoms with Crippen molar-refractivity contribution in [2.24, 2.45) is 5.16 Å². The predicted molar refractivity (Wildman–Crippen MR) is 107 cm³/mol. The Morgan fingerprint density at radius 1 is 1.00 bits per heavy atom. The van der Waals surface area contributed by atoms with Gasteiger partial charge in [0.2, 0.25) is 0 Å². The number of rotatable bonds is 8. The van der Waals surface area contributed by atoms with Gasteiger partial charge in [0.1, 0.15) is 17.7 Å². The molecule has 2 aromatic rings. The molecule has 2 aromatic carbocycles. The molecule has 28 heavy (non-hydrogen) atoms. The van der Waals surface area contributed by atoms with E-state index in [-0.39, 0.29) is 6.61 Å². The average Bonchev–Trinajstić information content (AvgIpc) is 2.67. The summed E-state index contributed by atoms with van der Waals surface area (Å²) in [5.41, 5.74) is 3.20. The molecule has 0 saturated heterocycles. The van der Waals surface area contributed by atoms with Crippen molar-refractivity contribution in [2.75, 3.05) is 31.5 Å². The second-order valence-corrected chi connectivity index (χ2v) is 5.93. The van der Waals surface area contributed by atoms with E-state index in [0.29, 0.717) is 22.9 Å². The zero-order valence-corrected chi connectivity index (χ0v) is 16.2. The van der Waals surface area contributed by atoms with E-state index in [2.05, 4.69) is 15.8 Å². The van der Waals surface area contributed by atoms with Crippen molar-refractivity contribution in [1.82, 2.24) is 0 Å². The van der Waals surface area contributed by atoms with Crippen molar-refractivity contribution in [3.63, 3.8) is 0 Å². The molecule has 0 aliphatic heterocycles. The number of ether oxygens (including phenoxy) is 2. The van der Waals surface area contributed by atoms with E-state index in [1.165, 1.54) is 14.2 Å². The van der Waals surface area contributed by atoms with Gasteiger partial charge in [0.15, 0.2) is 6.61 Å². The molecule has 0 aliphatic carbocycles. The number of nitrogens with zero attached hydrogens (tertiary/aromatic N) is 1. The molecule has 0 fully saturated rings. The summed E-state index contributed by atoms with van der Waals surface area (Å²) in [6, 6.07) is 10.7. The van der Waals surface area contributed by atoms with Crippen molar-refractivity contribution in [3.05, 3.63) is 47.5 Å². The fourth-order valence-electron chi connectivity index (χ4n) is 2.39. The summed E-state index contributed by atoms with van der Waals surface area (Å²) in [5, 5.41) is 8.85. The highest BCUT2D eigenvalue weighted by Gasteiger charge is 2.09. The highest BCUT2D eigenvalue weighted by molar-refractivity contribution is 6.31. The average molecular weight is 385 g/mol. The van der Waals surface area contributed by atoms with Crippen LogP contribution in [0, 0.1) is 13.8 Å². The first-order valence-electron chi connectivity index (χ1n) is 8.48. The molecular formula is C20H23N3O5. The van der Waals surface area contributed by atoms with Gasteiger partial charge < -0.3 is 24.9 Å². The van der Waals surface area contributed by atoms with Gasteiger partial charge in [-0.3, -0.25) is 9.59 Å². The van der Waals surface area contributed by atoms with Crippen LogP contribution < -0.4 is 20.1 Å².